The second-order valence-corrected chi connectivity index (χ2v) is 6.46. The SMILES string of the molecule is Cc1cc(Br)ccc1-c1cnn(C2CCCNC2)c1C. The Kier molecular flexibility index (Phi) is 3.94. The van der Waals surface area contributed by atoms with Crippen LogP contribution in [-0.2, 0) is 0 Å². The van der Waals surface area contributed by atoms with E-state index in [1.54, 1.807) is 0 Å². The van der Waals surface area contributed by atoms with Crippen molar-refractivity contribution >= 4 is 15.9 Å². The minimum atomic E-state index is 0.494. The molecular formula is C16H20BrN3. The molecule has 106 valence electrons. The molecule has 1 fully saturated rings. The van der Waals surface area contributed by atoms with Gasteiger partial charge in [0.05, 0.1) is 12.2 Å². The van der Waals surface area contributed by atoms with E-state index in [9.17, 15) is 0 Å². The molecule has 0 saturated carbocycles. The van der Waals surface area contributed by atoms with E-state index in [1.807, 2.05) is 6.20 Å². The maximum absolute atomic E-state index is 4.64. The predicted molar refractivity (Wildman–Crippen MR) is 86.0 cm³/mol. The number of hydrogen-bond acceptors (Lipinski definition) is 2. The van der Waals surface area contributed by atoms with Gasteiger partial charge in [-0.05, 0) is 56.5 Å². The van der Waals surface area contributed by atoms with E-state index in [1.165, 1.54) is 35.2 Å². The summed E-state index contributed by atoms with van der Waals surface area (Å²) in [6, 6.07) is 6.93. The fourth-order valence-corrected chi connectivity index (χ4v) is 3.50. The zero-order valence-corrected chi connectivity index (χ0v) is 13.6. The Labute approximate surface area is 128 Å². The van der Waals surface area contributed by atoms with Crippen LogP contribution in [0.15, 0.2) is 28.9 Å². The van der Waals surface area contributed by atoms with Gasteiger partial charge in [0.2, 0.25) is 0 Å². The van der Waals surface area contributed by atoms with Gasteiger partial charge in [-0.15, -0.1) is 0 Å². The van der Waals surface area contributed by atoms with Crippen molar-refractivity contribution in [3.63, 3.8) is 0 Å². The highest BCUT2D eigenvalue weighted by Crippen LogP contribution is 2.30. The second-order valence-electron chi connectivity index (χ2n) is 5.55. The van der Waals surface area contributed by atoms with Gasteiger partial charge in [0.1, 0.15) is 0 Å². The first-order chi connectivity index (χ1) is 9.66. The number of rotatable bonds is 2. The summed E-state index contributed by atoms with van der Waals surface area (Å²) < 4.78 is 3.32. The topological polar surface area (TPSA) is 29.9 Å². The summed E-state index contributed by atoms with van der Waals surface area (Å²) in [6.07, 6.45) is 4.46. The Morgan fingerprint density at radius 2 is 2.15 bits per heavy atom. The van der Waals surface area contributed by atoms with E-state index in [2.05, 4.69) is 63.1 Å². The second kappa shape index (κ2) is 5.70. The normalized spacial score (nSPS) is 19.2. The zero-order chi connectivity index (χ0) is 14.1. The summed E-state index contributed by atoms with van der Waals surface area (Å²) in [4.78, 5) is 0. The molecule has 0 spiro atoms. The zero-order valence-electron chi connectivity index (χ0n) is 12.0. The first kappa shape index (κ1) is 13.8. The molecular weight excluding hydrogens is 314 g/mol. The first-order valence-electron chi connectivity index (χ1n) is 7.18. The lowest BCUT2D eigenvalue weighted by atomic mass is 10.0. The summed E-state index contributed by atoms with van der Waals surface area (Å²) in [7, 11) is 0. The number of halogens is 1. The predicted octanol–water partition coefficient (Wildman–Crippen LogP) is 3.85. The van der Waals surface area contributed by atoms with Gasteiger partial charge in [0.15, 0.2) is 0 Å². The molecule has 1 unspecified atom stereocenters. The molecule has 1 aromatic heterocycles. The highest BCUT2D eigenvalue weighted by molar-refractivity contribution is 9.10. The van der Waals surface area contributed by atoms with Crippen molar-refractivity contribution in [3.8, 4) is 11.1 Å². The van der Waals surface area contributed by atoms with Crippen LogP contribution in [0.25, 0.3) is 11.1 Å². The largest absolute Gasteiger partial charge is 0.315 e. The van der Waals surface area contributed by atoms with Gasteiger partial charge < -0.3 is 5.32 Å². The number of nitrogens with zero attached hydrogens (tertiary/aromatic N) is 2. The summed E-state index contributed by atoms with van der Waals surface area (Å²) in [5.74, 6) is 0. The van der Waals surface area contributed by atoms with Crippen LogP contribution in [0.4, 0.5) is 0 Å². The molecule has 3 rings (SSSR count). The molecule has 1 aromatic carbocycles. The molecule has 1 aliphatic heterocycles. The van der Waals surface area contributed by atoms with E-state index in [-0.39, 0.29) is 0 Å². The van der Waals surface area contributed by atoms with Crippen molar-refractivity contribution in [2.24, 2.45) is 0 Å². The van der Waals surface area contributed by atoms with E-state index < -0.39 is 0 Å². The molecule has 2 aromatic rings. The van der Waals surface area contributed by atoms with Crippen LogP contribution in [0.1, 0.15) is 30.1 Å². The number of piperidine rings is 1. The van der Waals surface area contributed by atoms with Crippen LogP contribution in [0.2, 0.25) is 0 Å². The molecule has 20 heavy (non-hydrogen) atoms. The maximum Gasteiger partial charge on any atom is 0.0647 e. The van der Waals surface area contributed by atoms with Crippen LogP contribution < -0.4 is 5.32 Å². The lowest BCUT2D eigenvalue weighted by Crippen LogP contribution is -2.32. The van der Waals surface area contributed by atoms with Crippen LogP contribution in [0.3, 0.4) is 0 Å². The van der Waals surface area contributed by atoms with Crippen LogP contribution in [0, 0.1) is 13.8 Å². The minimum absolute atomic E-state index is 0.494. The average Bonchev–Trinajstić information content (AvgIpc) is 2.82. The third-order valence-corrected chi connectivity index (χ3v) is 4.63. The number of benzene rings is 1. The van der Waals surface area contributed by atoms with Crippen LogP contribution in [0.5, 0.6) is 0 Å². The molecule has 1 aliphatic rings. The van der Waals surface area contributed by atoms with Crippen molar-refractivity contribution in [1.29, 1.82) is 0 Å². The van der Waals surface area contributed by atoms with E-state index >= 15 is 0 Å². The standard InChI is InChI=1S/C16H20BrN3/c1-11-8-13(17)5-6-15(11)16-10-19-20(12(16)2)14-4-3-7-18-9-14/h5-6,8,10,14,18H,3-4,7,9H2,1-2H3. The monoisotopic (exact) mass is 333 g/mol. The lowest BCUT2D eigenvalue weighted by Gasteiger charge is -2.24. The molecule has 0 bridgehead atoms. The summed E-state index contributed by atoms with van der Waals surface area (Å²) >= 11 is 3.53. The molecule has 0 radical (unpaired) electrons. The maximum atomic E-state index is 4.64. The lowest BCUT2D eigenvalue weighted by molar-refractivity contribution is 0.342. The Balaban J connectivity index is 1.97. The van der Waals surface area contributed by atoms with Crippen molar-refractivity contribution in [2.45, 2.75) is 32.7 Å². The summed E-state index contributed by atoms with van der Waals surface area (Å²) in [5.41, 5.74) is 5.08. The van der Waals surface area contributed by atoms with Crippen molar-refractivity contribution in [2.75, 3.05) is 13.1 Å². The van der Waals surface area contributed by atoms with Gasteiger partial charge >= 0.3 is 0 Å². The molecule has 1 N–H and O–H groups in total. The number of aryl methyl sites for hydroxylation is 1. The number of aromatic nitrogens is 2. The third-order valence-electron chi connectivity index (χ3n) is 4.14. The van der Waals surface area contributed by atoms with Gasteiger partial charge in [-0.2, -0.15) is 5.10 Å². The van der Waals surface area contributed by atoms with Gasteiger partial charge in [0.25, 0.3) is 0 Å². The number of hydrogen-bond donors (Lipinski definition) is 1. The Bertz CT molecular complexity index is 612. The third kappa shape index (κ3) is 2.54. The average molecular weight is 334 g/mol. The van der Waals surface area contributed by atoms with Crippen LogP contribution >= 0.6 is 15.9 Å². The van der Waals surface area contributed by atoms with Gasteiger partial charge in [-0.1, -0.05) is 22.0 Å². The van der Waals surface area contributed by atoms with E-state index in [0.717, 1.165) is 17.6 Å². The van der Waals surface area contributed by atoms with E-state index in [4.69, 9.17) is 0 Å². The molecule has 3 nitrogen and oxygen atoms in total. The fourth-order valence-electron chi connectivity index (χ4n) is 3.03. The van der Waals surface area contributed by atoms with Gasteiger partial charge in [-0.3, -0.25) is 4.68 Å². The molecule has 1 atom stereocenters. The van der Waals surface area contributed by atoms with Gasteiger partial charge in [0, 0.05) is 22.3 Å². The van der Waals surface area contributed by atoms with Crippen molar-refractivity contribution < 1.29 is 0 Å². The highest BCUT2D eigenvalue weighted by atomic mass is 79.9. The molecule has 0 aliphatic carbocycles. The Morgan fingerprint density at radius 1 is 1.30 bits per heavy atom. The molecule has 1 saturated heterocycles. The summed E-state index contributed by atoms with van der Waals surface area (Å²) in [5, 5.41) is 8.11. The van der Waals surface area contributed by atoms with Gasteiger partial charge in [-0.25, -0.2) is 0 Å². The minimum Gasteiger partial charge on any atom is -0.315 e. The highest BCUT2D eigenvalue weighted by Gasteiger charge is 2.19. The molecule has 4 heteroatoms. The molecule has 2 heterocycles. The first-order valence-corrected chi connectivity index (χ1v) is 7.97. The van der Waals surface area contributed by atoms with Crippen molar-refractivity contribution in [3.05, 3.63) is 40.1 Å². The fraction of sp³-hybridized carbons (Fsp3) is 0.438. The smallest absolute Gasteiger partial charge is 0.0647 e. The Hall–Kier alpha value is -1.13. The van der Waals surface area contributed by atoms with Crippen LogP contribution in [-0.4, -0.2) is 22.9 Å². The number of nitrogens with one attached hydrogen (secondary N) is 1. The van der Waals surface area contributed by atoms with Crippen molar-refractivity contribution in [1.82, 2.24) is 15.1 Å². The summed E-state index contributed by atoms with van der Waals surface area (Å²) in [6.45, 7) is 6.49. The Morgan fingerprint density at radius 3 is 2.85 bits per heavy atom. The molecule has 0 amide bonds. The quantitative estimate of drug-likeness (QED) is 0.904. The van der Waals surface area contributed by atoms with E-state index in [0.29, 0.717) is 6.04 Å².